The van der Waals surface area contributed by atoms with Crippen molar-refractivity contribution in [2.24, 2.45) is 0 Å². The van der Waals surface area contributed by atoms with Gasteiger partial charge in [0.05, 0.1) is 0 Å². The quantitative estimate of drug-likeness (QED) is 0.594. The second-order valence-electron chi connectivity index (χ2n) is 5.06. The predicted octanol–water partition coefficient (Wildman–Crippen LogP) is 2.65. The normalized spacial score (nSPS) is 22.6. The molecule has 0 N–H and O–H groups in total. The van der Waals surface area contributed by atoms with Crippen LogP contribution in [0.5, 0.6) is 5.75 Å². The molecule has 1 saturated heterocycles. The summed E-state index contributed by atoms with van der Waals surface area (Å²) < 4.78 is 10.7. The first-order valence-corrected chi connectivity index (χ1v) is 6.78. The van der Waals surface area contributed by atoms with Crippen LogP contribution in [0.2, 0.25) is 0 Å². The van der Waals surface area contributed by atoms with Crippen LogP contribution in [0.1, 0.15) is 36.8 Å². The maximum atomic E-state index is 11.8. The number of esters is 1. The van der Waals surface area contributed by atoms with Gasteiger partial charge >= 0.3 is 5.97 Å². The van der Waals surface area contributed by atoms with E-state index in [0.29, 0.717) is 12.4 Å². The van der Waals surface area contributed by atoms with E-state index in [-0.39, 0.29) is 12.1 Å². The topological polar surface area (TPSA) is 35.5 Å². The van der Waals surface area contributed by atoms with E-state index >= 15 is 0 Å². The molecule has 1 atom stereocenters. The first-order valence-electron chi connectivity index (χ1n) is 6.78. The molecule has 1 aliphatic carbocycles. The number of hydrogen-bond acceptors (Lipinski definition) is 3. The van der Waals surface area contributed by atoms with Crippen LogP contribution in [0.25, 0.3) is 0 Å². The Kier molecular flexibility index (Phi) is 3.33. The van der Waals surface area contributed by atoms with Gasteiger partial charge in [0.2, 0.25) is 0 Å². The first-order chi connectivity index (χ1) is 8.83. The average Bonchev–Trinajstić information content (AvgIpc) is 2.92. The monoisotopic (exact) mass is 246 g/mol. The Morgan fingerprint density at radius 3 is 2.78 bits per heavy atom. The van der Waals surface area contributed by atoms with Crippen molar-refractivity contribution in [1.82, 2.24) is 0 Å². The average molecular weight is 246 g/mol. The van der Waals surface area contributed by atoms with E-state index in [1.54, 1.807) is 0 Å². The lowest BCUT2D eigenvalue weighted by atomic mass is 9.92. The first kappa shape index (κ1) is 11.7. The van der Waals surface area contributed by atoms with Gasteiger partial charge in [-0.05, 0) is 61.8 Å². The smallest absolute Gasteiger partial charge is 0.340 e. The Morgan fingerprint density at radius 1 is 1.17 bits per heavy atom. The summed E-state index contributed by atoms with van der Waals surface area (Å²) in [5.41, 5.74) is 2.73. The van der Waals surface area contributed by atoms with Crippen molar-refractivity contribution in [2.75, 3.05) is 6.61 Å². The van der Waals surface area contributed by atoms with Crippen LogP contribution in [-0.4, -0.2) is 18.7 Å². The van der Waals surface area contributed by atoms with Crippen LogP contribution in [0, 0.1) is 0 Å². The summed E-state index contributed by atoms with van der Waals surface area (Å²) in [7, 11) is 0. The molecule has 3 heteroatoms. The maximum Gasteiger partial charge on any atom is 0.340 e. The Labute approximate surface area is 107 Å². The number of aryl methyl sites for hydroxylation is 2. The molecule has 1 fully saturated rings. The summed E-state index contributed by atoms with van der Waals surface area (Å²) in [6.07, 6.45) is 6.11. The summed E-state index contributed by atoms with van der Waals surface area (Å²) in [6, 6.07) is 6.00. The third kappa shape index (κ3) is 2.41. The van der Waals surface area contributed by atoms with Crippen molar-refractivity contribution < 1.29 is 14.3 Å². The van der Waals surface area contributed by atoms with Crippen molar-refractivity contribution in [1.29, 1.82) is 0 Å². The molecule has 0 aromatic heterocycles. The summed E-state index contributed by atoms with van der Waals surface area (Å²) in [6.45, 7) is 0.671. The molecule has 18 heavy (non-hydrogen) atoms. The number of carbonyl (C=O) groups excluding carboxylic acids is 1. The Morgan fingerprint density at radius 2 is 2.00 bits per heavy atom. The van der Waals surface area contributed by atoms with Gasteiger partial charge in [-0.25, -0.2) is 4.79 Å². The zero-order valence-electron chi connectivity index (χ0n) is 10.5. The summed E-state index contributed by atoms with van der Waals surface area (Å²) in [5.74, 6) is 0.416. The third-order valence-corrected chi connectivity index (χ3v) is 3.73. The number of ether oxygens (including phenoxy) is 2. The number of carbonyl (C=O) groups is 1. The Hall–Kier alpha value is -1.35. The minimum atomic E-state index is -0.360. The molecule has 96 valence electrons. The summed E-state index contributed by atoms with van der Waals surface area (Å²) in [4.78, 5) is 11.8. The second kappa shape index (κ2) is 5.11. The largest absolute Gasteiger partial charge is 0.425 e. The van der Waals surface area contributed by atoms with E-state index in [0.717, 1.165) is 25.7 Å². The molecule has 3 rings (SSSR count). The highest BCUT2D eigenvalue weighted by Gasteiger charge is 2.25. The highest BCUT2D eigenvalue weighted by Crippen LogP contribution is 2.26. The lowest BCUT2D eigenvalue weighted by molar-refractivity contribution is -0.144. The van der Waals surface area contributed by atoms with E-state index in [1.807, 2.05) is 12.1 Å². The SMILES string of the molecule is O=C(Oc1ccc2c(c1)CCCC2)C1CCCO1. The number of fused-ring (bicyclic) bond motifs is 1. The van der Waals surface area contributed by atoms with Crippen molar-refractivity contribution >= 4 is 5.97 Å². The molecule has 3 nitrogen and oxygen atoms in total. The third-order valence-electron chi connectivity index (χ3n) is 3.73. The van der Waals surface area contributed by atoms with Gasteiger partial charge in [-0.3, -0.25) is 0 Å². The molecule has 1 heterocycles. The highest BCUT2D eigenvalue weighted by molar-refractivity contribution is 5.77. The zero-order chi connectivity index (χ0) is 12.4. The van der Waals surface area contributed by atoms with E-state index in [2.05, 4.69) is 6.07 Å². The fourth-order valence-electron chi connectivity index (χ4n) is 2.72. The molecule has 0 spiro atoms. The lowest BCUT2D eigenvalue weighted by Crippen LogP contribution is -2.24. The van der Waals surface area contributed by atoms with Crippen LogP contribution in [0.15, 0.2) is 18.2 Å². The Bertz CT molecular complexity index is 447. The Balaban J connectivity index is 1.70. The molecule has 0 radical (unpaired) electrons. The van der Waals surface area contributed by atoms with Crippen LogP contribution >= 0.6 is 0 Å². The molecular weight excluding hydrogens is 228 g/mol. The van der Waals surface area contributed by atoms with Crippen LogP contribution in [0.4, 0.5) is 0 Å². The van der Waals surface area contributed by atoms with Crippen LogP contribution < -0.4 is 4.74 Å². The van der Waals surface area contributed by atoms with E-state index in [1.165, 1.54) is 24.0 Å². The fourth-order valence-corrected chi connectivity index (χ4v) is 2.72. The minimum Gasteiger partial charge on any atom is -0.425 e. The summed E-state index contributed by atoms with van der Waals surface area (Å²) >= 11 is 0. The minimum absolute atomic E-state index is 0.247. The van der Waals surface area contributed by atoms with Crippen molar-refractivity contribution in [3.63, 3.8) is 0 Å². The van der Waals surface area contributed by atoms with Gasteiger partial charge < -0.3 is 9.47 Å². The van der Waals surface area contributed by atoms with Gasteiger partial charge in [0, 0.05) is 6.61 Å². The van der Waals surface area contributed by atoms with Crippen LogP contribution in [0.3, 0.4) is 0 Å². The molecule has 1 aromatic carbocycles. The molecule has 2 aliphatic rings. The highest BCUT2D eigenvalue weighted by atomic mass is 16.6. The predicted molar refractivity (Wildman–Crippen MR) is 67.7 cm³/mol. The van der Waals surface area contributed by atoms with Gasteiger partial charge in [0.1, 0.15) is 5.75 Å². The number of rotatable bonds is 2. The number of hydrogen-bond donors (Lipinski definition) is 0. The van der Waals surface area contributed by atoms with E-state index in [9.17, 15) is 4.79 Å². The standard InChI is InChI=1S/C15H18O3/c16-15(14-6-3-9-17-14)18-13-8-7-11-4-1-2-5-12(11)10-13/h7-8,10,14H,1-6,9H2. The van der Waals surface area contributed by atoms with E-state index < -0.39 is 0 Å². The molecule has 0 bridgehead atoms. The molecule has 0 saturated carbocycles. The van der Waals surface area contributed by atoms with Gasteiger partial charge in [-0.15, -0.1) is 0 Å². The molecule has 1 aliphatic heterocycles. The van der Waals surface area contributed by atoms with Gasteiger partial charge in [-0.1, -0.05) is 6.07 Å². The second-order valence-corrected chi connectivity index (χ2v) is 5.06. The lowest BCUT2D eigenvalue weighted by Gasteiger charge is -2.17. The van der Waals surface area contributed by atoms with Gasteiger partial charge in [0.25, 0.3) is 0 Å². The summed E-state index contributed by atoms with van der Waals surface area (Å²) in [5, 5.41) is 0. The van der Waals surface area contributed by atoms with Crippen molar-refractivity contribution in [2.45, 2.75) is 44.6 Å². The fraction of sp³-hybridized carbons (Fsp3) is 0.533. The number of benzene rings is 1. The van der Waals surface area contributed by atoms with Crippen molar-refractivity contribution in [3.8, 4) is 5.75 Å². The molecule has 0 amide bonds. The molecule has 1 aromatic rings. The van der Waals surface area contributed by atoms with Crippen LogP contribution in [-0.2, 0) is 22.4 Å². The maximum absolute atomic E-state index is 11.8. The van der Waals surface area contributed by atoms with E-state index in [4.69, 9.17) is 9.47 Å². The van der Waals surface area contributed by atoms with Gasteiger partial charge in [-0.2, -0.15) is 0 Å². The van der Waals surface area contributed by atoms with Crippen molar-refractivity contribution in [3.05, 3.63) is 29.3 Å². The molecule has 1 unspecified atom stereocenters. The molecular formula is C15H18O3. The van der Waals surface area contributed by atoms with Gasteiger partial charge in [0.15, 0.2) is 6.10 Å². The zero-order valence-corrected chi connectivity index (χ0v) is 10.5.